The van der Waals surface area contributed by atoms with Gasteiger partial charge in [0.15, 0.2) is 8.32 Å². The molecule has 1 fully saturated rings. The smallest absolute Gasteiger partial charge is 0.206 e. The Hall–Kier alpha value is 0.367. The van der Waals surface area contributed by atoms with Crippen LogP contribution >= 0.6 is 7.37 Å². The van der Waals surface area contributed by atoms with Gasteiger partial charge in [-0.1, -0.05) is 34.1 Å². The Morgan fingerprint density at radius 1 is 1.18 bits per heavy atom. The monoisotopic (exact) mass is 348 g/mol. The van der Waals surface area contributed by atoms with Gasteiger partial charge in [0.25, 0.3) is 0 Å². The molecule has 1 aliphatic rings. The summed E-state index contributed by atoms with van der Waals surface area (Å²) in [6, 6.07) is 0. The fourth-order valence-electron chi connectivity index (χ4n) is 2.92. The molecule has 0 aromatic carbocycles. The van der Waals surface area contributed by atoms with Gasteiger partial charge in [-0.15, -0.1) is 0 Å². The molecule has 0 bridgehead atoms. The second-order valence-corrected chi connectivity index (χ2v) is 15.8. The minimum absolute atomic E-state index is 0.216. The fourth-order valence-corrected chi connectivity index (χ4v) is 7.32. The van der Waals surface area contributed by atoms with E-state index in [0.717, 1.165) is 38.3 Å². The third-order valence-corrected chi connectivity index (χ3v) is 13.1. The zero-order chi connectivity index (χ0) is 17.0. The number of rotatable bonds is 8. The summed E-state index contributed by atoms with van der Waals surface area (Å²) in [6.45, 7) is 16.1. The molecule has 1 unspecified atom stereocenters. The van der Waals surface area contributed by atoms with E-state index in [9.17, 15) is 4.57 Å². The van der Waals surface area contributed by atoms with Gasteiger partial charge in [-0.2, -0.15) is 0 Å². The molecular formula is C17H37O3PSi. The molecule has 132 valence electrons. The molecule has 3 atom stereocenters. The summed E-state index contributed by atoms with van der Waals surface area (Å²) < 4.78 is 25.5. The zero-order valence-corrected chi connectivity index (χ0v) is 17.7. The molecule has 0 aromatic heterocycles. The Labute approximate surface area is 139 Å². The molecule has 1 saturated carbocycles. The molecule has 3 nitrogen and oxygen atoms in total. The molecule has 1 rings (SSSR count). The van der Waals surface area contributed by atoms with Crippen LogP contribution in [0.3, 0.4) is 0 Å². The van der Waals surface area contributed by atoms with Crippen LogP contribution < -0.4 is 0 Å². The molecule has 0 aliphatic heterocycles. The summed E-state index contributed by atoms with van der Waals surface area (Å²) in [4.78, 5) is 0. The van der Waals surface area contributed by atoms with Crippen LogP contribution in [0.5, 0.6) is 0 Å². The van der Waals surface area contributed by atoms with Crippen LogP contribution in [0.25, 0.3) is 0 Å². The Balaban J connectivity index is 2.69. The highest BCUT2D eigenvalue weighted by Gasteiger charge is 2.44. The SMILES string of the molecule is CCCCP(=O)(OCC)[C@@H]1CC[C@H](O[Si](C)(C)C(C)(C)C)C1. The van der Waals surface area contributed by atoms with Crippen molar-refractivity contribution in [3.63, 3.8) is 0 Å². The van der Waals surface area contributed by atoms with E-state index in [1.54, 1.807) is 0 Å². The van der Waals surface area contributed by atoms with E-state index >= 15 is 0 Å². The first-order valence-corrected chi connectivity index (χ1v) is 13.8. The molecular weight excluding hydrogens is 311 g/mol. The first kappa shape index (κ1) is 20.4. The summed E-state index contributed by atoms with van der Waals surface area (Å²) in [5.41, 5.74) is 0.216. The van der Waals surface area contributed by atoms with Crippen molar-refractivity contribution in [3.8, 4) is 0 Å². The van der Waals surface area contributed by atoms with Crippen molar-refractivity contribution in [2.75, 3.05) is 12.8 Å². The summed E-state index contributed by atoms with van der Waals surface area (Å²) >= 11 is 0. The highest BCUT2D eigenvalue weighted by molar-refractivity contribution is 7.59. The Morgan fingerprint density at radius 2 is 1.82 bits per heavy atom. The molecule has 5 heteroatoms. The van der Waals surface area contributed by atoms with Crippen molar-refractivity contribution in [1.82, 2.24) is 0 Å². The van der Waals surface area contributed by atoms with E-state index in [4.69, 9.17) is 8.95 Å². The van der Waals surface area contributed by atoms with Gasteiger partial charge in [-0.3, -0.25) is 4.57 Å². The van der Waals surface area contributed by atoms with Gasteiger partial charge in [0.1, 0.15) is 0 Å². The summed E-state index contributed by atoms with van der Waals surface area (Å²) in [5.74, 6) is 0. The first-order valence-electron chi connectivity index (χ1n) is 8.97. The maximum Gasteiger partial charge on any atom is 0.206 e. The Bertz CT molecular complexity index is 390. The Morgan fingerprint density at radius 3 is 2.32 bits per heavy atom. The van der Waals surface area contributed by atoms with Crippen LogP contribution in [0.2, 0.25) is 18.1 Å². The van der Waals surface area contributed by atoms with Crippen molar-refractivity contribution in [2.45, 2.75) is 96.6 Å². The van der Waals surface area contributed by atoms with E-state index in [1.807, 2.05) is 6.92 Å². The normalized spacial score (nSPS) is 26.1. The number of unbranched alkanes of at least 4 members (excludes halogenated alkanes) is 1. The van der Waals surface area contributed by atoms with Crippen LogP contribution in [-0.2, 0) is 13.5 Å². The summed E-state index contributed by atoms with van der Waals surface area (Å²) in [7, 11) is -4.22. The van der Waals surface area contributed by atoms with Gasteiger partial charge < -0.3 is 8.95 Å². The maximum absolute atomic E-state index is 13.2. The Kier molecular flexibility index (Phi) is 7.39. The van der Waals surface area contributed by atoms with E-state index in [2.05, 4.69) is 40.8 Å². The minimum atomic E-state index is -2.49. The van der Waals surface area contributed by atoms with Crippen molar-refractivity contribution in [2.24, 2.45) is 0 Å². The highest BCUT2D eigenvalue weighted by Crippen LogP contribution is 2.58. The third kappa shape index (κ3) is 5.19. The highest BCUT2D eigenvalue weighted by atomic mass is 31.2. The lowest BCUT2D eigenvalue weighted by Crippen LogP contribution is -2.43. The van der Waals surface area contributed by atoms with E-state index in [0.29, 0.717) is 6.61 Å². The molecule has 0 aromatic rings. The molecule has 0 radical (unpaired) electrons. The van der Waals surface area contributed by atoms with Gasteiger partial charge in [-0.25, -0.2) is 0 Å². The van der Waals surface area contributed by atoms with Crippen molar-refractivity contribution < 1.29 is 13.5 Å². The van der Waals surface area contributed by atoms with Crippen LogP contribution in [0, 0.1) is 0 Å². The lowest BCUT2D eigenvalue weighted by molar-refractivity contribution is 0.187. The van der Waals surface area contributed by atoms with Crippen LogP contribution in [-0.4, -0.2) is 32.8 Å². The molecule has 22 heavy (non-hydrogen) atoms. The van der Waals surface area contributed by atoms with Crippen molar-refractivity contribution >= 4 is 15.7 Å². The average molecular weight is 349 g/mol. The van der Waals surface area contributed by atoms with Gasteiger partial charge in [0.2, 0.25) is 7.37 Å². The molecule has 0 spiro atoms. The largest absolute Gasteiger partial charge is 0.414 e. The van der Waals surface area contributed by atoms with Crippen LogP contribution in [0.4, 0.5) is 0 Å². The van der Waals surface area contributed by atoms with Crippen molar-refractivity contribution in [3.05, 3.63) is 0 Å². The number of hydrogen-bond donors (Lipinski definition) is 0. The van der Waals surface area contributed by atoms with Crippen LogP contribution in [0.1, 0.15) is 66.7 Å². The lowest BCUT2D eigenvalue weighted by Gasteiger charge is -2.38. The molecule has 1 aliphatic carbocycles. The zero-order valence-electron chi connectivity index (χ0n) is 15.8. The van der Waals surface area contributed by atoms with Crippen LogP contribution in [0.15, 0.2) is 0 Å². The minimum Gasteiger partial charge on any atom is -0.414 e. The first-order chi connectivity index (χ1) is 10.1. The fraction of sp³-hybridized carbons (Fsp3) is 1.00. The molecule has 0 saturated heterocycles. The van der Waals surface area contributed by atoms with Gasteiger partial charge >= 0.3 is 0 Å². The lowest BCUT2D eigenvalue weighted by atomic mass is 10.2. The van der Waals surface area contributed by atoms with Gasteiger partial charge in [0.05, 0.1) is 6.61 Å². The van der Waals surface area contributed by atoms with E-state index in [-0.39, 0.29) is 16.8 Å². The second kappa shape index (κ2) is 7.96. The van der Waals surface area contributed by atoms with Gasteiger partial charge in [-0.05, 0) is 50.7 Å². The maximum atomic E-state index is 13.2. The van der Waals surface area contributed by atoms with E-state index in [1.165, 1.54) is 0 Å². The van der Waals surface area contributed by atoms with E-state index < -0.39 is 15.7 Å². The molecule has 0 amide bonds. The molecule has 0 N–H and O–H groups in total. The number of hydrogen-bond acceptors (Lipinski definition) is 3. The predicted molar refractivity (Wildman–Crippen MR) is 98.7 cm³/mol. The topological polar surface area (TPSA) is 35.5 Å². The molecule has 0 heterocycles. The van der Waals surface area contributed by atoms with Crippen molar-refractivity contribution in [1.29, 1.82) is 0 Å². The standard InChI is InChI=1S/C17H37O3PSi/c1-8-10-13-21(18,19-9-2)16-12-11-15(14-16)20-22(6,7)17(3,4)5/h15-16H,8-14H2,1-7H3/t15-,16+,21?/m0/s1. The second-order valence-electron chi connectivity index (χ2n) is 8.19. The van der Waals surface area contributed by atoms with Gasteiger partial charge in [0, 0.05) is 17.9 Å². The predicted octanol–water partition coefficient (Wildman–Crippen LogP) is 6.04. The third-order valence-electron chi connectivity index (χ3n) is 5.35. The average Bonchev–Trinajstić information content (AvgIpc) is 2.84. The summed E-state index contributed by atoms with van der Waals surface area (Å²) in [6.07, 6.45) is 6.07. The summed E-state index contributed by atoms with van der Waals surface area (Å²) in [5, 5.41) is 0.233. The quantitative estimate of drug-likeness (QED) is 0.396.